The second-order valence-electron chi connectivity index (χ2n) is 4.99. The molecule has 0 fully saturated rings. The van der Waals surface area contributed by atoms with E-state index in [1.807, 2.05) is 6.07 Å². The third-order valence-electron chi connectivity index (χ3n) is 3.57. The van der Waals surface area contributed by atoms with Gasteiger partial charge in [-0.2, -0.15) is 0 Å². The maximum absolute atomic E-state index is 12.0. The Kier molecular flexibility index (Phi) is 4.99. The number of carbonyl (C=O) groups is 1. The van der Waals surface area contributed by atoms with E-state index in [2.05, 4.69) is 5.32 Å². The van der Waals surface area contributed by atoms with Crippen molar-refractivity contribution in [2.24, 2.45) is 5.73 Å². The number of nitrogens with one attached hydrogen (secondary N) is 1. The predicted molar refractivity (Wildman–Crippen MR) is 71.6 cm³/mol. The monoisotopic (exact) mass is 266 g/mol. The fraction of sp³-hybridized carbons (Fsp3) is 0.643. The number of hydrogen-bond donors (Lipinski definition) is 2. The van der Waals surface area contributed by atoms with Gasteiger partial charge < -0.3 is 20.2 Å². The summed E-state index contributed by atoms with van der Waals surface area (Å²) >= 11 is 0. The first-order chi connectivity index (χ1) is 9.22. The van der Waals surface area contributed by atoms with Gasteiger partial charge in [-0.3, -0.25) is 4.79 Å². The van der Waals surface area contributed by atoms with Crippen molar-refractivity contribution < 1.29 is 13.9 Å². The SMILES string of the molecule is COCCCC(N)C(=O)NC1CCCc2occc21. The molecule has 1 aromatic heterocycles. The molecule has 106 valence electrons. The van der Waals surface area contributed by atoms with E-state index in [0.29, 0.717) is 13.0 Å². The Bertz CT molecular complexity index is 417. The Morgan fingerprint density at radius 3 is 3.32 bits per heavy atom. The van der Waals surface area contributed by atoms with Crippen LogP contribution in [0.25, 0.3) is 0 Å². The van der Waals surface area contributed by atoms with E-state index in [1.165, 1.54) is 0 Å². The highest BCUT2D eigenvalue weighted by molar-refractivity contribution is 5.81. The molecule has 1 amide bonds. The molecule has 19 heavy (non-hydrogen) atoms. The number of hydrogen-bond acceptors (Lipinski definition) is 4. The van der Waals surface area contributed by atoms with Gasteiger partial charge in [0.25, 0.3) is 0 Å². The molecule has 0 bridgehead atoms. The van der Waals surface area contributed by atoms with E-state index >= 15 is 0 Å². The fourth-order valence-electron chi connectivity index (χ4n) is 2.49. The molecule has 1 aliphatic rings. The standard InChI is InChI=1S/C14H22N2O3/c1-18-8-3-4-11(15)14(17)16-12-5-2-6-13-10(12)7-9-19-13/h7,9,11-12H,2-6,8,15H2,1H3,(H,16,17). The molecule has 3 N–H and O–H groups in total. The number of fused-ring (bicyclic) bond motifs is 1. The Labute approximate surface area is 113 Å². The lowest BCUT2D eigenvalue weighted by molar-refractivity contribution is -0.123. The Morgan fingerprint density at radius 2 is 2.53 bits per heavy atom. The molecular formula is C14H22N2O3. The zero-order valence-electron chi connectivity index (χ0n) is 11.4. The van der Waals surface area contributed by atoms with Crippen LogP contribution < -0.4 is 11.1 Å². The summed E-state index contributed by atoms with van der Waals surface area (Å²) in [7, 11) is 1.65. The number of amides is 1. The van der Waals surface area contributed by atoms with Crippen LogP contribution in [0, 0.1) is 0 Å². The van der Waals surface area contributed by atoms with Gasteiger partial charge in [-0.25, -0.2) is 0 Å². The summed E-state index contributed by atoms with van der Waals surface area (Å²) in [4.78, 5) is 12.0. The number of nitrogens with two attached hydrogens (primary N) is 1. The van der Waals surface area contributed by atoms with Gasteiger partial charge in [0.2, 0.25) is 5.91 Å². The first kappa shape index (κ1) is 14.1. The van der Waals surface area contributed by atoms with Crippen LogP contribution in [-0.2, 0) is 16.0 Å². The minimum atomic E-state index is -0.465. The molecule has 5 nitrogen and oxygen atoms in total. The Hall–Kier alpha value is -1.33. The smallest absolute Gasteiger partial charge is 0.237 e. The van der Waals surface area contributed by atoms with Gasteiger partial charge in [0, 0.05) is 25.7 Å². The van der Waals surface area contributed by atoms with Crippen LogP contribution >= 0.6 is 0 Å². The number of rotatable bonds is 6. The van der Waals surface area contributed by atoms with Crippen molar-refractivity contribution >= 4 is 5.91 Å². The molecule has 0 spiro atoms. The van der Waals surface area contributed by atoms with E-state index in [0.717, 1.165) is 37.0 Å². The maximum atomic E-state index is 12.0. The van der Waals surface area contributed by atoms with Crippen LogP contribution in [0.1, 0.15) is 43.0 Å². The van der Waals surface area contributed by atoms with Crippen molar-refractivity contribution in [3.63, 3.8) is 0 Å². The molecule has 1 heterocycles. The Balaban J connectivity index is 1.86. The lowest BCUT2D eigenvalue weighted by Gasteiger charge is -2.24. The average molecular weight is 266 g/mol. The number of aryl methyl sites for hydroxylation is 1. The van der Waals surface area contributed by atoms with Gasteiger partial charge in [-0.05, 0) is 31.7 Å². The maximum Gasteiger partial charge on any atom is 0.237 e. The third-order valence-corrected chi connectivity index (χ3v) is 3.57. The lowest BCUT2D eigenvalue weighted by Crippen LogP contribution is -2.42. The summed E-state index contributed by atoms with van der Waals surface area (Å²) < 4.78 is 10.4. The first-order valence-electron chi connectivity index (χ1n) is 6.83. The highest BCUT2D eigenvalue weighted by atomic mass is 16.5. The van der Waals surface area contributed by atoms with Crippen molar-refractivity contribution in [3.8, 4) is 0 Å². The summed E-state index contributed by atoms with van der Waals surface area (Å²) in [5.74, 6) is 0.902. The van der Waals surface area contributed by atoms with Gasteiger partial charge >= 0.3 is 0 Å². The summed E-state index contributed by atoms with van der Waals surface area (Å²) in [5, 5.41) is 3.02. The van der Waals surface area contributed by atoms with Crippen molar-refractivity contribution in [2.45, 2.75) is 44.2 Å². The van der Waals surface area contributed by atoms with E-state index < -0.39 is 6.04 Å². The summed E-state index contributed by atoms with van der Waals surface area (Å²) in [6.07, 6.45) is 6.06. The molecule has 1 aromatic rings. The molecule has 5 heteroatoms. The molecule has 2 rings (SSSR count). The van der Waals surface area contributed by atoms with Crippen molar-refractivity contribution in [1.82, 2.24) is 5.32 Å². The topological polar surface area (TPSA) is 77.5 Å². The summed E-state index contributed by atoms with van der Waals surface area (Å²) in [6, 6.07) is 1.52. The zero-order valence-corrected chi connectivity index (χ0v) is 11.4. The second kappa shape index (κ2) is 6.73. The molecule has 0 radical (unpaired) electrons. The first-order valence-corrected chi connectivity index (χ1v) is 6.83. The molecule has 2 atom stereocenters. The lowest BCUT2D eigenvalue weighted by atomic mass is 9.93. The predicted octanol–water partition coefficient (Wildman–Crippen LogP) is 1.53. The minimum absolute atomic E-state index is 0.0449. The van der Waals surface area contributed by atoms with Crippen LogP contribution in [0.5, 0.6) is 0 Å². The van der Waals surface area contributed by atoms with Crippen molar-refractivity contribution in [3.05, 3.63) is 23.7 Å². The van der Waals surface area contributed by atoms with E-state index in [4.69, 9.17) is 14.9 Å². The van der Waals surface area contributed by atoms with E-state index in [1.54, 1.807) is 13.4 Å². The van der Waals surface area contributed by atoms with E-state index in [9.17, 15) is 4.79 Å². The molecule has 0 aliphatic heterocycles. The van der Waals surface area contributed by atoms with Crippen molar-refractivity contribution in [2.75, 3.05) is 13.7 Å². The summed E-state index contributed by atoms with van der Waals surface area (Å²) in [5.41, 5.74) is 6.98. The largest absolute Gasteiger partial charge is 0.469 e. The summed E-state index contributed by atoms with van der Waals surface area (Å²) in [6.45, 7) is 0.635. The van der Waals surface area contributed by atoms with Gasteiger partial charge in [0.15, 0.2) is 0 Å². The number of carbonyl (C=O) groups excluding carboxylic acids is 1. The molecule has 2 unspecified atom stereocenters. The van der Waals surface area contributed by atoms with Gasteiger partial charge in [0.1, 0.15) is 5.76 Å². The quantitative estimate of drug-likeness (QED) is 0.765. The molecule has 0 saturated carbocycles. The van der Waals surface area contributed by atoms with Crippen LogP contribution in [0.4, 0.5) is 0 Å². The number of ether oxygens (including phenoxy) is 1. The third kappa shape index (κ3) is 3.58. The van der Waals surface area contributed by atoms with Crippen LogP contribution in [0.15, 0.2) is 16.7 Å². The van der Waals surface area contributed by atoms with Gasteiger partial charge in [-0.1, -0.05) is 0 Å². The van der Waals surface area contributed by atoms with Crippen LogP contribution in [0.3, 0.4) is 0 Å². The number of furan rings is 1. The molecule has 1 aliphatic carbocycles. The Morgan fingerprint density at radius 1 is 1.68 bits per heavy atom. The second-order valence-corrected chi connectivity index (χ2v) is 4.99. The van der Waals surface area contributed by atoms with Gasteiger partial charge in [-0.15, -0.1) is 0 Å². The normalized spacial score (nSPS) is 19.8. The molecule has 0 saturated heterocycles. The average Bonchev–Trinajstić information content (AvgIpc) is 2.88. The van der Waals surface area contributed by atoms with Gasteiger partial charge in [0.05, 0.1) is 18.3 Å². The van der Waals surface area contributed by atoms with E-state index in [-0.39, 0.29) is 11.9 Å². The molecular weight excluding hydrogens is 244 g/mol. The van der Waals surface area contributed by atoms with Crippen LogP contribution in [-0.4, -0.2) is 25.7 Å². The highest BCUT2D eigenvalue weighted by Crippen LogP contribution is 2.30. The number of methoxy groups -OCH3 is 1. The fourth-order valence-corrected chi connectivity index (χ4v) is 2.49. The van der Waals surface area contributed by atoms with Crippen LogP contribution in [0.2, 0.25) is 0 Å². The molecule has 0 aromatic carbocycles. The minimum Gasteiger partial charge on any atom is -0.469 e. The van der Waals surface area contributed by atoms with Crippen molar-refractivity contribution in [1.29, 1.82) is 0 Å². The zero-order chi connectivity index (χ0) is 13.7. The highest BCUT2D eigenvalue weighted by Gasteiger charge is 2.25.